The predicted octanol–water partition coefficient (Wildman–Crippen LogP) is 3.29. The molecule has 1 aromatic heterocycles. The molecule has 0 fully saturated rings. The Labute approximate surface area is 165 Å². The molecule has 0 atom stereocenters. The van der Waals surface area contributed by atoms with Crippen molar-refractivity contribution in [2.45, 2.75) is 26.8 Å². The smallest absolute Gasteiger partial charge is 0.191 e. The lowest BCUT2D eigenvalue weighted by Gasteiger charge is -2.12. The predicted molar refractivity (Wildman–Crippen MR) is 112 cm³/mol. The lowest BCUT2D eigenvalue weighted by Crippen LogP contribution is -2.37. The van der Waals surface area contributed by atoms with Crippen LogP contribution in [0.3, 0.4) is 0 Å². The number of guanidine groups is 1. The van der Waals surface area contributed by atoms with E-state index in [1.165, 1.54) is 10.4 Å². The van der Waals surface area contributed by atoms with Gasteiger partial charge in [0.1, 0.15) is 5.75 Å². The molecule has 132 valence electrons. The number of halogens is 1. The second-order valence-electron chi connectivity index (χ2n) is 5.19. The van der Waals surface area contributed by atoms with Crippen molar-refractivity contribution in [1.29, 1.82) is 0 Å². The summed E-state index contributed by atoms with van der Waals surface area (Å²) in [7, 11) is 3.46. The van der Waals surface area contributed by atoms with Crippen LogP contribution in [0.4, 0.5) is 0 Å². The molecule has 0 bridgehead atoms. The number of aryl methyl sites for hydroxylation is 2. The van der Waals surface area contributed by atoms with E-state index >= 15 is 0 Å². The first-order valence-electron chi connectivity index (χ1n) is 7.62. The maximum Gasteiger partial charge on any atom is 0.191 e. The average molecular weight is 460 g/mol. The summed E-state index contributed by atoms with van der Waals surface area (Å²) >= 11 is 1.76. The van der Waals surface area contributed by atoms with Crippen LogP contribution in [0.5, 0.6) is 5.75 Å². The summed E-state index contributed by atoms with van der Waals surface area (Å²) in [6, 6.07) is 8.01. The van der Waals surface area contributed by atoms with Crippen molar-refractivity contribution >= 4 is 41.3 Å². The Morgan fingerprint density at radius 1 is 1.21 bits per heavy atom. The van der Waals surface area contributed by atoms with Gasteiger partial charge in [-0.25, -0.2) is 4.98 Å². The molecule has 2 rings (SSSR count). The molecule has 0 spiro atoms. The van der Waals surface area contributed by atoms with Crippen molar-refractivity contribution < 1.29 is 4.74 Å². The van der Waals surface area contributed by atoms with Gasteiger partial charge in [-0.1, -0.05) is 12.1 Å². The Hall–Kier alpha value is -1.35. The summed E-state index contributed by atoms with van der Waals surface area (Å²) in [4.78, 5) is 10.0. The fraction of sp³-hybridized carbons (Fsp3) is 0.412. The zero-order valence-electron chi connectivity index (χ0n) is 14.5. The molecule has 1 heterocycles. The van der Waals surface area contributed by atoms with Crippen LogP contribution in [0.15, 0.2) is 29.3 Å². The summed E-state index contributed by atoms with van der Waals surface area (Å²) in [5.74, 6) is 1.67. The highest BCUT2D eigenvalue weighted by Crippen LogP contribution is 2.17. The molecular formula is C17H25IN4OS. The molecule has 0 saturated heterocycles. The van der Waals surface area contributed by atoms with Crippen LogP contribution in [-0.4, -0.2) is 31.6 Å². The first kappa shape index (κ1) is 20.7. The molecule has 0 saturated carbocycles. The Morgan fingerprint density at radius 2 is 1.92 bits per heavy atom. The van der Waals surface area contributed by atoms with Crippen LogP contribution in [-0.2, 0) is 13.0 Å². The van der Waals surface area contributed by atoms with E-state index in [2.05, 4.69) is 27.5 Å². The van der Waals surface area contributed by atoms with E-state index in [0.29, 0.717) is 0 Å². The van der Waals surface area contributed by atoms with Crippen LogP contribution < -0.4 is 15.4 Å². The molecule has 2 N–H and O–H groups in total. The number of thiazole rings is 1. The van der Waals surface area contributed by atoms with Crippen LogP contribution in [0.2, 0.25) is 0 Å². The third-order valence-electron chi connectivity index (χ3n) is 3.49. The van der Waals surface area contributed by atoms with Gasteiger partial charge < -0.3 is 15.4 Å². The SMILES string of the molecule is CN=C(NCCc1sc(C)nc1C)NCc1ccc(OC)cc1.I. The van der Waals surface area contributed by atoms with E-state index in [0.717, 1.165) is 41.9 Å². The zero-order valence-corrected chi connectivity index (χ0v) is 17.7. The third kappa shape index (κ3) is 6.27. The molecule has 0 radical (unpaired) electrons. The minimum Gasteiger partial charge on any atom is -0.497 e. The molecule has 0 aliphatic carbocycles. The molecule has 5 nitrogen and oxygen atoms in total. The largest absolute Gasteiger partial charge is 0.497 e. The van der Waals surface area contributed by atoms with Gasteiger partial charge in [0, 0.05) is 31.4 Å². The van der Waals surface area contributed by atoms with Crippen molar-refractivity contribution in [3.63, 3.8) is 0 Å². The quantitative estimate of drug-likeness (QED) is 0.395. The minimum absolute atomic E-state index is 0. The molecule has 0 aliphatic rings. The fourth-order valence-corrected chi connectivity index (χ4v) is 3.19. The first-order valence-corrected chi connectivity index (χ1v) is 8.44. The summed E-state index contributed by atoms with van der Waals surface area (Å²) in [6.07, 6.45) is 0.959. The topological polar surface area (TPSA) is 58.5 Å². The number of aromatic nitrogens is 1. The van der Waals surface area contributed by atoms with Crippen molar-refractivity contribution in [3.8, 4) is 5.75 Å². The molecule has 0 unspecified atom stereocenters. The first-order chi connectivity index (χ1) is 11.1. The van der Waals surface area contributed by atoms with E-state index in [-0.39, 0.29) is 24.0 Å². The number of hydrogen-bond donors (Lipinski definition) is 2. The number of ether oxygens (including phenoxy) is 1. The minimum atomic E-state index is 0. The van der Waals surface area contributed by atoms with Gasteiger partial charge in [0.15, 0.2) is 5.96 Å². The maximum atomic E-state index is 5.16. The van der Waals surface area contributed by atoms with Crippen molar-refractivity contribution in [2.75, 3.05) is 20.7 Å². The van der Waals surface area contributed by atoms with Crippen molar-refractivity contribution in [2.24, 2.45) is 4.99 Å². The van der Waals surface area contributed by atoms with Crippen LogP contribution >= 0.6 is 35.3 Å². The van der Waals surface area contributed by atoms with E-state index < -0.39 is 0 Å². The van der Waals surface area contributed by atoms with Crippen LogP contribution in [0.25, 0.3) is 0 Å². The Morgan fingerprint density at radius 3 is 2.46 bits per heavy atom. The molecule has 0 aliphatic heterocycles. The van der Waals surface area contributed by atoms with Gasteiger partial charge in [-0.3, -0.25) is 4.99 Å². The Balaban J connectivity index is 0.00000288. The van der Waals surface area contributed by atoms with Crippen LogP contribution in [0.1, 0.15) is 21.1 Å². The second kappa shape index (κ2) is 10.5. The summed E-state index contributed by atoms with van der Waals surface area (Å²) in [6.45, 7) is 5.67. The zero-order chi connectivity index (χ0) is 16.7. The van der Waals surface area contributed by atoms with Gasteiger partial charge in [0.25, 0.3) is 0 Å². The van der Waals surface area contributed by atoms with Gasteiger partial charge in [-0.2, -0.15) is 0 Å². The van der Waals surface area contributed by atoms with Crippen LogP contribution in [0, 0.1) is 13.8 Å². The highest BCUT2D eigenvalue weighted by atomic mass is 127. The Kier molecular flexibility index (Phi) is 9.05. The highest BCUT2D eigenvalue weighted by molar-refractivity contribution is 14.0. The number of hydrogen-bond acceptors (Lipinski definition) is 4. The summed E-state index contributed by atoms with van der Waals surface area (Å²) < 4.78 is 5.16. The fourth-order valence-electron chi connectivity index (χ4n) is 2.25. The van der Waals surface area contributed by atoms with E-state index in [4.69, 9.17) is 4.74 Å². The van der Waals surface area contributed by atoms with Gasteiger partial charge >= 0.3 is 0 Å². The molecule has 0 amide bonds. The number of aliphatic imine (C=N–C) groups is 1. The van der Waals surface area contributed by atoms with E-state index in [9.17, 15) is 0 Å². The lowest BCUT2D eigenvalue weighted by molar-refractivity contribution is 0.414. The van der Waals surface area contributed by atoms with Crippen molar-refractivity contribution in [3.05, 3.63) is 45.4 Å². The second-order valence-corrected chi connectivity index (χ2v) is 6.48. The van der Waals surface area contributed by atoms with Gasteiger partial charge in [-0.05, 0) is 31.5 Å². The summed E-state index contributed by atoms with van der Waals surface area (Å²) in [5.41, 5.74) is 2.32. The maximum absolute atomic E-state index is 5.16. The molecular weight excluding hydrogens is 435 g/mol. The third-order valence-corrected chi connectivity index (χ3v) is 4.62. The number of nitrogens with one attached hydrogen (secondary N) is 2. The van der Waals surface area contributed by atoms with E-state index in [1.54, 1.807) is 25.5 Å². The summed E-state index contributed by atoms with van der Waals surface area (Å²) in [5, 5.41) is 7.78. The van der Waals surface area contributed by atoms with E-state index in [1.807, 2.05) is 31.2 Å². The number of benzene rings is 1. The number of nitrogens with zero attached hydrogens (tertiary/aromatic N) is 2. The van der Waals surface area contributed by atoms with Gasteiger partial charge in [-0.15, -0.1) is 35.3 Å². The number of methoxy groups -OCH3 is 1. The van der Waals surface area contributed by atoms with Gasteiger partial charge in [0.05, 0.1) is 17.8 Å². The van der Waals surface area contributed by atoms with Crippen molar-refractivity contribution in [1.82, 2.24) is 15.6 Å². The molecule has 24 heavy (non-hydrogen) atoms. The average Bonchev–Trinajstić information content (AvgIpc) is 2.88. The van der Waals surface area contributed by atoms with Gasteiger partial charge in [0.2, 0.25) is 0 Å². The number of rotatable bonds is 6. The molecule has 7 heteroatoms. The lowest BCUT2D eigenvalue weighted by atomic mass is 10.2. The molecule has 1 aromatic carbocycles. The Bertz CT molecular complexity index is 655. The highest BCUT2D eigenvalue weighted by Gasteiger charge is 2.05. The standard InChI is InChI=1S/C17H24N4OS.HI/c1-12-16(23-13(2)21-12)9-10-19-17(18-3)20-11-14-5-7-15(22-4)8-6-14;/h5-8H,9-11H2,1-4H3,(H2,18,19,20);1H. The molecule has 2 aromatic rings. The monoisotopic (exact) mass is 460 g/mol. The normalized spacial score (nSPS) is 10.9.